The molecule has 16 heavy (non-hydrogen) atoms. The van der Waals surface area contributed by atoms with E-state index in [-0.39, 0.29) is 12.0 Å². The van der Waals surface area contributed by atoms with E-state index in [0.29, 0.717) is 5.95 Å². The maximum absolute atomic E-state index is 5.52. The van der Waals surface area contributed by atoms with Crippen LogP contribution in [0.5, 0.6) is 6.01 Å². The van der Waals surface area contributed by atoms with Gasteiger partial charge in [0.15, 0.2) is 0 Å². The van der Waals surface area contributed by atoms with Crippen molar-refractivity contribution in [3.8, 4) is 6.01 Å². The number of aromatic nitrogens is 3. The summed E-state index contributed by atoms with van der Waals surface area (Å²) >= 11 is 0. The van der Waals surface area contributed by atoms with Crippen LogP contribution in [-0.4, -0.2) is 34.8 Å². The third kappa shape index (κ3) is 3.34. The molecule has 88 valence electrons. The molecule has 1 aromatic heterocycles. The van der Waals surface area contributed by atoms with Gasteiger partial charge >= 0.3 is 6.01 Å². The fourth-order valence-corrected chi connectivity index (χ4v) is 0.785. The molecule has 2 N–H and O–H groups in total. The average Bonchev–Trinajstić information content (AvgIpc) is 2.25. The molecule has 0 bridgehead atoms. The van der Waals surface area contributed by atoms with Gasteiger partial charge < -0.3 is 15.5 Å². The van der Waals surface area contributed by atoms with Crippen LogP contribution in [0.1, 0.15) is 20.3 Å². The lowest BCUT2D eigenvalue weighted by molar-refractivity contribution is 0.311. The van der Waals surface area contributed by atoms with Gasteiger partial charge in [-0.25, -0.2) is 0 Å². The second kappa shape index (κ2) is 5.24. The summed E-state index contributed by atoms with van der Waals surface area (Å²) in [5, 5.41) is 3.84. The first-order valence-electron chi connectivity index (χ1n) is 4.92. The first kappa shape index (κ1) is 12.2. The molecule has 0 saturated heterocycles. The zero-order chi connectivity index (χ0) is 12.1. The highest BCUT2D eigenvalue weighted by Gasteiger charge is 2.06. The molecule has 1 aromatic rings. The van der Waals surface area contributed by atoms with E-state index in [0.717, 1.165) is 12.1 Å². The van der Waals surface area contributed by atoms with Gasteiger partial charge in [0.1, 0.15) is 0 Å². The molecule has 7 heteroatoms. The minimum Gasteiger partial charge on any atom is -0.368 e. The largest absolute Gasteiger partial charge is 0.368 e. The van der Waals surface area contributed by atoms with Gasteiger partial charge in [0.2, 0.25) is 11.9 Å². The van der Waals surface area contributed by atoms with E-state index in [4.69, 9.17) is 10.6 Å². The predicted molar refractivity (Wildman–Crippen MR) is 62.6 cm³/mol. The van der Waals surface area contributed by atoms with Gasteiger partial charge in [0.05, 0.1) is 5.71 Å². The Morgan fingerprint density at radius 2 is 2.06 bits per heavy atom. The van der Waals surface area contributed by atoms with E-state index in [2.05, 4.69) is 20.1 Å². The number of nitrogen functional groups attached to an aromatic ring is 1. The molecular formula is C9H16N6O. The first-order valence-corrected chi connectivity index (χ1v) is 4.92. The summed E-state index contributed by atoms with van der Waals surface area (Å²) in [6.07, 6.45) is 0.807. The Bertz CT molecular complexity index is 390. The molecule has 1 rings (SSSR count). The molecule has 0 saturated carbocycles. The second-order valence-corrected chi connectivity index (χ2v) is 3.44. The second-order valence-electron chi connectivity index (χ2n) is 3.44. The highest BCUT2D eigenvalue weighted by molar-refractivity contribution is 5.80. The summed E-state index contributed by atoms with van der Waals surface area (Å²) in [5.74, 6) is 0.546. The SMILES string of the molecule is CC/C(C)=N\Oc1nc(N)nc(N(C)C)n1. The smallest absolute Gasteiger partial charge is 0.352 e. The fraction of sp³-hybridized carbons (Fsp3) is 0.556. The maximum Gasteiger partial charge on any atom is 0.352 e. The lowest BCUT2D eigenvalue weighted by Crippen LogP contribution is -2.15. The molecule has 1 heterocycles. The number of nitrogens with two attached hydrogens (primary N) is 1. The summed E-state index contributed by atoms with van der Waals surface area (Å²) in [6, 6.07) is 0.101. The van der Waals surface area contributed by atoms with Gasteiger partial charge in [-0.3, -0.25) is 0 Å². The maximum atomic E-state index is 5.52. The molecule has 0 aliphatic heterocycles. The van der Waals surface area contributed by atoms with Crippen LogP contribution in [0.15, 0.2) is 5.16 Å². The van der Waals surface area contributed by atoms with E-state index >= 15 is 0 Å². The van der Waals surface area contributed by atoms with Gasteiger partial charge in [-0.15, -0.1) is 0 Å². The van der Waals surface area contributed by atoms with Crippen molar-refractivity contribution in [2.24, 2.45) is 5.16 Å². The van der Waals surface area contributed by atoms with Crippen molar-refractivity contribution in [2.75, 3.05) is 24.7 Å². The summed E-state index contributed by atoms with van der Waals surface area (Å²) in [5.41, 5.74) is 6.37. The summed E-state index contributed by atoms with van der Waals surface area (Å²) in [7, 11) is 3.61. The predicted octanol–water partition coefficient (Wildman–Crippen LogP) is 0.684. The molecule has 0 spiro atoms. The van der Waals surface area contributed by atoms with Crippen molar-refractivity contribution in [3.63, 3.8) is 0 Å². The van der Waals surface area contributed by atoms with Crippen LogP contribution in [0.25, 0.3) is 0 Å². The standard InChI is InChI=1S/C9H16N6O/c1-5-6(2)14-16-9-12-7(10)11-8(13-9)15(3)4/h5H2,1-4H3,(H2,10,11,12,13)/b14-6-. The third-order valence-corrected chi connectivity index (χ3v) is 1.82. The molecule has 0 aliphatic rings. The van der Waals surface area contributed by atoms with E-state index < -0.39 is 0 Å². The number of nitrogens with zero attached hydrogens (tertiary/aromatic N) is 5. The zero-order valence-electron chi connectivity index (χ0n) is 9.93. The van der Waals surface area contributed by atoms with E-state index in [1.54, 1.807) is 19.0 Å². The van der Waals surface area contributed by atoms with Crippen LogP contribution in [0, 0.1) is 0 Å². The number of oxime groups is 1. The minimum absolute atomic E-state index is 0.101. The Labute approximate surface area is 94.3 Å². The van der Waals surface area contributed by atoms with Crippen LogP contribution in [0.2, 0.25) is 0 Å². The molecule has 0 aromatic carbocycles. The van der Waals surface area contributed by atoms with Crippen molar-refractivity contribution in [2.45, 2.75) is 20.3 Å². The lowest BCUT2D eigenvalue weighted by Gasteiger charge is -2.10. The molecule has 0 fully saturated rings. The quantitative estimate of drug-likeness (QED) is 0.597. The molecular weight excluding hydrogens is 208 g/mol. The molecule has 0 radical (unpaired) electrons. The van der Waals surface area contributed by atoms with Crippen LogP contribution < -0.4 is 15.5 Å². The average molecular weight is 224 g/mol. The highest BCUT2D eigenvalue weighted by Crippen LogP contribution is 2.11. The molecule has 7 nitrogen and oxygen atoms in total. The summed E-state index contributed by atoms with van der Waals surface area (Å²) in [6.45, 7) is 3.84. The molecule has 0 unspecified atom stereocenters. The summed E-state index contributed by atoms with van der Waals surface area (Å²) < 4.78 is 0. The van der Waals surface area contributed by atoms with Crippen molar-refractivity contribution in [3.05, 3.63) is 0 Å². The highest BCUT2D eigenvalue weighted by atomic mass is 16.6. The normalized spacial score (nSPS) is 11.4. The van der Waals surface area contributed by atoms with Gasteiger partial charge in [0.25, 0.3) is 0 Å². The van der Waals surface area contributed by atoms with E-state index in [1.807, 2.05) is 13.8 Å². The van der Waals surface area contributed by atoms with Crippen LogP contribution in [0.4, 0.5) is 11.9 Å². The first-order chi connectivity index (χ1) is 7.52. The van der Waals surface area contributed by atoms with Crippen molar-refractivity contribution < 1.29 is 4.84 Å². The Morgan fingerprint density at radius 1 is 1.38 bits per heavy atom. The van der Waals surface area contributed by atoms with Gasteiger partial charge in [-0.2, -0.15) is 15.0 Å². The van der Waals surface area contributed by atoms with Gasteiger partial charge in [-0.1, -0.05) is 12.1 Å². The Kier molecular flexibility index (Phi) is 3.98. The Balaban J connectivity index is 2.88. The van der Waals surface area contributed by atoms with Crippen molar-refractivity contribution in [1.82, 2.24) is 15.0 Å². The van der Waals surface area contributed by atoms with Crippen LogP contribution in [-0.2, 0) is 0 Å². The third-order valence-electron chi connectivity index (χ3n) is 1.82. The number of anilines is 2. The Hall–Kier alpha value is -1.92. The number of rotatable bonds is 4. The monoisotopic (exact) mass is 224 g/mol. The minimum atomic E-state index is 0.101. The fourth-order valence-electron chi connectivity index (χ4n) is 0.785. The van der Waals surface area contributed by atoms with Crippen molar-refractivity contribution in [1.29, 1.82) is 0 Å². The molecule has 0 aliphatic carbocycles. The van der Waals surface area contributed by atoms with Gasteiger partial charge in [-0.05, 0) is 13.3 Å². The Morgan fingerprint density at radius 3 is 2.62 bits per heavy atom. The van der Waals surface area contributed by atoms with Crippen molar-refractivity contribution >= 4 is 17.6 Å². The van der Waals surface area contributed by atoms with E-state index in [9.17, 15) is 0 Å². The number of hydrogen-bond donors (Lipinski definition) is 1. The lowest BCUT2D eigenvalue weighted by atomic mass is 10.3. The van der Waals surface area contributed by atoms with E-state index in [1.165, 1.54) is 0 Å². The van der Waals surface area contributed by atoms with Crippen LogP contribution >= 0.6 is 0 Å². The summed E-state index contributed by atoms with van der Waals surface area (Å²) in [4.78, 5) is 18.5. The topological polar surface area (TPSA) is 89.5 Å². The zero-order valence-corrected chi connectivity index (χ0v) is 9.93. The molecule has 0 atom stereocenters. The molecule has 0 amide bonds. The van der Waals surface area contributed by atoms with Crippen LogP contribution in [0.3, 0.4) is 0 Å². The number of hydrogen-bond acceptors (Lipinski definition) is 7. The van der Waals surface area contributed by atoms with Gasteiger partial charge in [0, 0.05) is 14.1 Å².